The lowest BCUT2D eigenvalue weighted by atomic mass is 9.96. The van der Waals surface area contributed by atoms with Gasteiger partial charge in [0.25, 0.3) is 5.91 Å². The SMILES string of the molecule is CC(C)[C@H](NC(=O)c1ccccc1Br)C(=O)NC(c1ccccc1)c1ccccc1. The number of halogens is 1. The van der Waals surface area contributed by atoms with Crippen molar-refractivity contribution in [3.05, 3.63) is 106 Å². The number of nitrogens with one attached hydrogen (secondary N) is 2. The van der Waals surface area contributed by atoms with Crippen LogP contribution in [0.5, 0.6) is 0 Å². The summed E-state index contributed by atoms with van der Waals surface area (Å²) in [7, 11) is 0. The van der Waals surface area contributed by atoms with Gasteiger partial charge in [-0.25, -0.2) is 0 Å². The highest BCUT2D eigenvalue weighted by Crippen LogP contribution is 2.22. The second-order valence-electron chi connectivity index (χ2n) is 7.44. The van der Waals surface area contributed by atoms with Crippen LogP contribution < -0.4 is 10.6 Å². The van der Waals surface area contributed by atoms with Crippen molar-refractivity contribution in [1.82, 2.24) is 10.6 Å². The molecule has 0 aliphatic heterocycles. The molecule has 0 fully saturated rings. The van der Waals surface area contributed by atoms with E-state index in [2.05, 4.69) is 26.6 Å². The number of benzene rings is 3. The molecular weight excluding hydrogens is 440 g/mol. The molecule has 0 spiro atoms. The van der Waals surface area contributed by atoms with Gasteiger partial charge >= 0.3 is 0 Å². The van der Waals surface area contributed by atoms with E-state index in [4.69, 9.17) is 0 Å². The van der Waals surface area contributed by atoms with Crippen LogP contribution in [0.2, 0.25) is 0 Å². The molecule has 0 aromatic heterocycles. The Balaban J connectivity index is 1.83. The highest BCUT2D eigenvalue weighted by molar-refractivity contribution is 9.10. The van der Waals surface area contributed by atoms with Gasteiger partial charge in [-0.1, -0.05) is 86.6 Å². The number of carbonyl (C=O) groups excluding carboxylic acids is 2. The van der Waals surface area contributed by atoms with Crippen LogP contribution in [0.25, 0.3) is 0 Å². The zero-order valence-electron chi connectivity index (χ0n) is 17.0. The van der Waals surface area contributed by atoms with Crippen molar-refractivity contribution in [2.75, 3.05) is 0 Å². The molecule has 1 atom stereocenters. The molecule has 154 valence electrons. The first-order valence-corrected chi connectivity index (χ1v) is 10.7. The molecule has 30 heavy (non-hydrogen) atoms. The zero-order valence-corrected chi connectivity index (χ0v) is 18.6. The van der Waals surface area contributed by atoms with Crippen molar-refractivity contribution in [2.45, 2.75) is 25.9 Å². The van der Waals surface area contributed by atoms with Crippen LogP contribution >= 0.6 is 15.9 Å². The number of carbonyl (C=O) groups is 2. The summed E-state index contributed by atoms with van der Waals surface area (Å²) in [6.07, 6.45) is 0. The van der Waals surface area contributed by atoms with E-state index in [1.54, 1.807) is 18.2 Å². The van der Waals surface area contributed by atoms with Crippen LogP contribution in [0.15, 0.2) is 89.4 Å². The molecule has 2 N–H and O–H groups in total. The summed E-state index contributed by atoms with van der Waals surface area (Å²) >= 11 is 3.40. The molecule has 0 aliphatic carbocycles. The summed E-state index contributed by atoms with van der Waals surface area (Å²) in [5.74, 6) is -0.584. The minimum Gasteiger partial charge on any atom is -0.343 e. The first-order chi connectivity index (χ1) is 14.5. The molecule has 0 heterocycles. The first kappa shape index (κ1) is 21.8. The van der Waals surface area contributed by atoms with Gasteiger partial charge in [0.05, 0.1) is 11.6 Å². The van der Waals surface area contributed by atoms with Gasteiger partial charge in [0.2, 0.25) is 5.91 Å². The van der Waals surface area contributed by atoms with Crippen LogP contribution in [0, 0.1) is 5.92 Å². The average molecular weight is 465 g/mol. The Labute approximate surface area is 185 Å². The van der Waals surface area contributed by atoms with Gasteiger partial charge in [-0.05, 0) is 45.1 Å². The molecule has 4 nitrogen and oxygen atoms in total. The predicted octanol–water partition coefficient (Wildman–Crippen LogP) is 5.11. The van der Waals surface area contributed by atoms with Gasteiger partial charge in [-0.3, -0.25) is 9.59 Å². The molecule has 0 saturated carbocycles. The molecule has 3 aromatic carbocycles. The van der Waals surface area contributed by atoms with Crippen molar-refractivity contribution in [1.29, 1.82) is 0 Å². The Kier molecular flexibility index (Phi) is 7.41. The van der Waals surface area contributed by atoms with Gasteiger partial charge in [0, 0.05) is 4.47 Å². The molecule has 0 unspecified atom stereocenters. The van der Waals surface area contributed by atoms with Crippen LogP contribution in [0.4, 0.5) is 0 Å². The molecule has 3 aromatic rings. The highest BCUT2D eigenvalue weighted by atomic mass is 79.9. The van der Waals surface area contributed by atoms with Crippen molar-refractivity contribution >= 4 is 27.7 Å². The maximum atomic E-state index is 13.3. The molecule has 0 aliphatic rings. The minimum atomic E-state index is -0.667. The van der Waals surface area contributed by atoms with E-state index in [0.29, 0.717) is 10.0 Å². The average Bonchev–Trinajstić information content (AvgIpc) is 2.76. The lowest BCUT2D eigenvalue weighted by Crippen LogP contribution is -2.50. The fraction of sp³-hybridized carbons (Fsp3) is 0.200. The second kappa shape index (κ2) is 10.2. The Morgan fingerprint density at radius 1 is 0.733 bits per heavy atom. The molecule has 0 bridgehead atoms. The number of rotatable bonds is 7. The maximum Gasteiger partial charge on any atom is 0.253 e. The van der Waals surface area contributed by atoms with E-state index in [1.165, 1.54) is 0 Å². The smallest absolute Gasteiger partial charge is 0.253 e. The van der Waals surface area contributed by atoms with Crippen LogP contribution in [0.1, 0.15) is 41.4 Å². The molecule has 0 radical (unpaired) electrons. The topological polar surface area (TPSA) is 58.2 Å². The van der Waals surface area contributed by atoms with Gasteiger partial charge in [-0.2, -0.15) is 0 Å². The third-order valence-electron chi connectivity index (χ3n) is 4.91. The van der Waals surface area contributed by atoms with Gasteiger partial charge in [0.1, 0.15) is 6.04 Å². The van der Waals surface area contributed by atoms with Gasteiger partial charge in [0.15, 0.2) is 0 Å². The van der Waals surface area contributed by atoms with Crippen LogP contribution in [0.3, 0.4) is 0 Å². The second-order valence-corrected chi connectivity index (χ2v) is 8.29. The van der Waals surface area contributed by atoms with Crippen LogP contribution in [-0.4, -0.2) is 17.9 Å². The number of hydrogen-bond donors (Lipinski definition) is 2. The Hall–Kier alpha value is -2.92. The summed E-state index contributed by atoms with van der Waals surface area (Å²) in [6, 6.07) is 25.9. The van der Waals surface area contributed by atoms with Gasteiger partial charge < -0.3 is 10.6 Å². The molecule has 3 rings (SSSR count). The summed E-state index contributed by atoms with van der Waals surface area (Å²) in [6.45, 7) is 3.84. The van der Waals surface area contributed by atoms with E-state index in [0.717, 1.165) is 11.1 Å². The quantitative estimate of drug-likeness (QED) is 0.510. The minimum absolute atomic E-state index is 0.0800. The first-order valence-electron chi connectivity index (χ1n) is 9.93. The third-order valence-corrected chi connectivity index (χ3v) is 5.60. The lowest BCUT2D eigenvalue weighted by Gasteiger charge is -2.26. The van der Waals surface area contributed by atoms with E-state index in [1.807, 2.05) is 80.6 Å². The Morgan fingerprint density at radius 3 is 1.73 bits per heavy atom. The van der Waals surface area contributed by atoms with E-state index >= 15 is 0 Å². The van der Waals surface area contributed by atoms with Crippen molar-refractivity contribution in [3.8, 4) is 0 Å². The van der Waals surface area contributed by atoms with Crippen LogP contribution in [-0.2, 0) is 4.79 Å². The number of amides is 2. The molecule has 5 heteroatoms. The summed E-state index contributed by atoms with van der Waals surface area (Å²) in [5.41, 5.74) is 2.46. The van der Waals surface area contributed by atoms with E-state index < -0.39 is 6.04 Å². The lowest BCUT2D eigenvalue weighted by molar-refractivity contribution is -0.124. The fourth-order valence-corrected chi connectivity index (χ4v) is 3.75. The standard InChI is InChI=1S/C25H25BrN2O2/c1-17(2)22(27-24(29)20-15-9-10-16-21(20)26)25(30)28-23(18-11-5-3-6-12-18)19-13-7-4-8-14-19/h3-17,22-23H,1-2H3,(H,27,29)(H,28,30)/t22-/m0/s1. The monoisotopic (exact) mass is 464 g/mol. The summed E-state index contributed by atoms with van der Waals surface area (Å²) < 4.78 is 0.692. The third kappa shape index (κ3) is 5.36. The van der Waals surface area contributed by atoms with Crippen molar-refractivity contribution in [3.63, 3.8) is 0 Å². The Bertz CT molecular complexity index is 951. The number of hydrogen-bond acceptors (Lipinski definition) is 2. The highest BCUT2D eigenvalue weighted by Gasteiger charge is 2.28. The molecule has 2 amide bonds. The fourth-order valence-electron chi connectivity index (χ4n) is 3.28. The largest absolute Gasteiger partial charge is 0.343 e. The molecule has 0 saturated heterocycles. The normalized spacial score (nSPS) is 11.9. The van der Waals surface area contributed by atoms with Gasteiger partial charge in [-0.15, -0.1) is 0 Å². The molecular formula is C25H25BrN2O2. The van der Waals surface area contributed by atoms with Crippen molar-refractivity contribution in [2.24, 2.45) is 5.92 Å². The zero-order chi connectivity index (χ0) is 21.5. The predicted molar refractivity (Wildman–Crippen MR) is 123 cm³/mol. The van der Waals surface area contributed by atoms with E-state index in [9.17, 15) is 9.59 Å². The maximum absolute atomic E-state index is 13.3. The summed E-state index contributed by atoms with van der Waals surface area (Å²) in [4.78, 5) is 26.0. The van der Waals surface area contributed by atoms with Crippen molar-refractivity contribution < 1.29 is 9.59 Å². The summed E-state index contributed by atoms with van der Waals surface area (Å²) in [5, 5.41) is 6.04. The van der Waals surface area contributed by atoms with E-state index in [-0.39, 0.29) is 23.8 Å². The Morgan fingerprint density at radius 2 is 1.23 bits per heavy atom.